The van der Waals surface area contributed by atoms with Crippen molar-refractivity contribution >= 4 is 10.9 Å². The Balaban J connectivity index is 0.000000980. The summed E-state index contributed by atoms with van der Waals surface area (Å²) in [5, 5.41) is 10.1. The van der Waals surface area contributed by atoms with Crippen LogP contribution in [0.4, 0.5) is 0 Å². The van der Waals surface area contributed by atoms with Crippen LogP contribution in [-0.4, -0.2) is 9.67 Å². The molecule has 0 aliphatic rings. The third-order valence-corrected chi connectivity index (χ3v) is 2.05. The van der Waals surface area contributed by atoms with Crippen molar-refractivity contribution in [3.63, 3.8) is 0 Å². The molecule has 0 fully saturated rings. The summed E-state index contributed by atoms with van der Waals surface area (Å²) in [7, 11) is 1.65. The summed E-state index contributed by atoms with van der Waals surface area (Å²) < 4.78 is 1.45. The molecule has 0 spiro atoms. The van der Waals surface area contributed by atoms with Crippen LogP contribution in [-0.2, 0) is 39.8 Å². The summed E-state index contributed by atoms with van der Waals surface area (Å²) in [6.07, 6.45) is 0. The van der Waals surface area contributed by atoms with Gasteiger partial charge in [0.2, 0.25) is 0 Å². The van der Waals surface area contributed by atoms with Crippen LogP contribution in [0.5, 0.6) is 5.75 Å². The van der Waals surface area contributed by atoms with Crippen LogP contribution in [0.15, 0.2) is 29.1 Å². The topological polar surface area (TPSA) is 42.2 Å². The molecular formula is C10H8NO2Y+2. The van der Waals surface area contributed by atoms with E-state index in [2.05, 4.69) is 6.07 Å². The second kappa shape index (κ2) is 4.24. The van der Waals surface area contributed by atoms with Crippen molar-refractivity contribution in [2.45, 2.75) is 0 Å². The summed E-state index contributed by atoms with van der Waals surface area (Å²) in [5.74, 6) is -0.0845. The van der Waals surface area contributed by atoms with E-state index in [0.29, 0.717) is 10.9 Å². The van der Waals surface area contributed by atoms with Gasteiger partial charge in [-0.05, 0) is 11.3 Å². The predicted molar refractivity (Wildman–Crippen MR) is 49.7 cm³/mol. The third kappa shape index (κ3) is 1.75. The van der Waals surface area contributed by atoms with Gasteiger partial charge in [-0.3, -0.25) is 4.79 Å². The van der Waals surface area contributed by atoms with Crippen molar-refractivity contribution in [1.82, 2.24) is 4.57 Å². The molecule has 0 unspecified atom stereocenters. The number of aromatic nitrogens is 1. The molecule has 0 saturated carbocycles. The predicted octanol–water partition coefficient (Wildman–Crippen LogP) is 1.04. The standard InChI is InChI=1S/C10H8NO2.Y/c1-11-8-5-3-2-4-7(8)9(12)6-10(11)13;/h2-5,12H,1H3;/q-1;+3. The number of para-hydroxylation sites is 1. The number of benzene rings is 1. The molecule has 4 heteroatoms. The van der Waals surface area contributed by atoms with Gasteiger partial charge in [-0.2, -0.15) is 0 Å². The molecule has 0 aliphatic carbocycles. The smallest absolute Gasteiger partial charge is 0.545 e. The minimum atomic E-state index is -0.323. The Kier molecular flexibility index (Phi) is 3.45. The van der Waals surface area contributed by atoms with E-state index < -0.39 is 0 Å². The third-order valence-electron chi connectivity index (χ3n) is 2.05. The normalized spacial score (nSPS) is 9.79. The van der Waals surface area contributed by atoms with Crippen molar-refractivity contribution in [3.8, 4) is 5.75 Å². The monoisotopic (exact) mass is 263 g/mol. The van der Waals surface area contributed by atoms with Crippen LogP contribution < -0.4 is 5.56 Å². The van der Waals surface area contributed by atoms with Crippen molar-refractivity contribution < 1.29 is 37.8 Å². The van der Waals surface area contributed by atoms with Gasteiger partial charge in [-0.25, -0.2) is 0 Å². The Bertz CT molecular complexity index is 519. The fourth-order valence-corrected chi connectivity index (χ4v) is 1.33. The number of hydrogen-bond donors (Lipinski definition) is 1. The summed E-state index contributed by atoms with van der Waals surface area (Å²) in [6.45, 7) is 0. The number of fused-ring (bicyclic) bond motifs is 1. The Morgan fingerprint density at radius 3 is 2.71 bits per heavy atom. The zero-order valence-corrected chi connectivity index (χ0v) is 10.5. The summed E-state index contributed by atoms with van der Waals surface area (Å²) in [4.78, 5) is 11.2. The van der Waals surface area contributed by atoms with E-state index in [0.717, 1.165) is 0 Å². The van der Waals surface area contributed by atoms with Crippen molar-refractivity contribution in [2.24, 2.45) is 7.05 Å². The fraction of sp³-hybridized carbons (Fsp3) is 0.100. The molecule has 1 aromatic carbocycles. The summed E-state index contributed by atoms with van der Waals surface area (Å²) in [5.41, 5.74) is 0.389. The van der Waals surface area contributed by atoms with E-state index in [1.807, 2.05) is 6.07 Å². The molecule has 0 bridgehead atoms. The Morgan fingerprint density at radius 1 is 1.36 bits per heavy atom. The fourth-order valence-electron chi connectivity index (χ4n) is 1.33. The number of pyridine rings is 1. The molecule has 2 rings (SSSR count). The molecule has 0 atom stereocenters. The molecule has 0 aliphatic heterocycles. The zero-order valence-electron chi connectivity index (χ0n) is 7.69. The van der Waals surface area contributed by atoms with Crippen LogP contribution in [0.2, 0.25) is 0 Å². The van der Waals surface area contributed by atoms with E-state index >= 15 is 0 Å². The number of aryl methyl sites for hydroxylation is 1. The SMILES string of the molecule is Cn1c(=O)[c-]c(O)c2ccccc21.[Y+3]. The van der Waals surface area contributed by atoms with Crippen molar-refractivity contribution in [2.75, 3.05) is 0 Å². The van der Waals surface area contributed by atoms with Gasteiger partial charge >= 0.3 is 32.7 Å². The van der Waals surface area contributed by atoms with Gasteiger partial charge in [0.05, 0.1) is 0 Å². The van der Waals surface area contributed by atoms with Gasteiger partial charge in [0.15, 0.2) is 5.56 Å². The van der Waals surface area contributed by atoms with Gasteiger partial charge in [0.25, 0.3) is 0 Å². The second-order valence-electron chi connectivity index (χ2n) is 2.85. The Hall–Kier alpha value is -0.666. The quantitative estimate of drug-likeness (QED) is 0.722. The van der Waals surface area contributed by atoms with Crippen LogP contribution in [0, 0.1) is 6.07 Å². The second-order valence-corrected chi connectivity index (χ2v) is 2.85. The van der Waals surface area contributed by atoms with Gasteiger partial charge in [-0.1, -0.05) is 18.2 Å². The van der Waals surface area contributed by atoms with E-state index in [1.54, 1.807) is 25.2 Å². The van der Waals surface area contributed by atoms with Crippen LogP contribution in [0.25, 0.3) is 10.9 Å². The molecule has 0 radical (unpaired) electrons. The largest absolute Gasteiger partial charge is 3.00 e. The van der Waals surface area contributed by atoms with Crippen molar-refractivity contribution in [1.29, 1.82) is 0 Å². The first-order chi connectivity index (χ1) is 6.20. The Labute approximate surface area is 106 Å². The summed E-state index contributed by atoms with van der Waals surface area (Å²) >= 11 is 0. The zero-order chi connectivity index (χ0) is 9.42. The Morgan fingerprint density at radius 2 is 2.00 bits per heavy atom. The van der Waals surface area contributed by atoms with Crippen LogP contribution in [0.3, 0.4) is 0 Å². The van der Waals surface area contributed by atoms with Gasteiger partial charge < -0.3 is 9.67 Å². The number of hydrogen-bond acceptors (Lipinski definition) is 2. The molecule has 1 aromatic heterocycles. The molecular weight excluding hydrogens is 255 g/mol. The van der Waals surface area contributed by atoms with Crippen LogP contribution in [0.1, 0.15) is 0 Å². The van der Waals surface area contributed by atoms with Crippen LogP contribution >= 0.6 is 0 Å². The van der Waals surface area contributed by atoms with Gasteiger partial charge in [-0.15, -0.1) is 17.5 Å². The molecule has 0 saturated heterocycles. The average molecular weight is 263 g/mol. The number of nitrogens with zero attached hydrogens (tertiary/aromatic N) is 1. The number of aromatic hydroxyl groups is 1. The first kappa shape index (κ1) is 11.4. The molecule has 0 amide bonds. The maximum Gasteiger partial charge on any atom is 3.00 e. The molecule has 1 heterocycles. The van der Waals surface area contributed by atoms with E-state index in [9.17, 15) is 9.90 Å². The van der Waals surface area contributed by atoms with Gasteiger partial charge in [0, 0.05) is 7.05 Å². The average Bonchev–Trinajstić information content (AvgIpc) is 2.15. The van der Waals surface area contributed by atoms with E-state index in [-0.39, 0.29) is 44.0 Å². The minimum absolute atomic E-state index is 0. The first-order valence-corrected chi connectivity index (χ1v) is 3.90. The van der Waals surface area contributed by atoms with Crippen molar-refractivity contribution in [3.05, 3.63) is 40.7 Å². The summed E-state index contributed by atoms with van der Waals surface area (Å²) in [6, 6.07) is 9.50. The van der Waals surface area contributed by atoms with E-state index in [1.165, 1.54) is 4.57 Å². The number of rotatable bonds is 0. The molecule has 2 aromatic rings. The molecule has 14 heavy (non-hydrogen) atoms. The maximum atomic E-state index is 11.2. The van der Waals surface area contributed by atoms with E-state index in [4.69, 9.17) is 0 Å². The van der Waals surface area contributed by atoms with Gasteiger partial charge in [0.1, 0.15) is 0 Å². The molecule has 66 valence electrons. The molecule has 1 N–H and O–H groups in total. The molecule has 3 nitrogen and oxygen atoms in total. The first-order valence-electron chi connectivity index (χ1n) is 3.90. The maximum absolute atomic E-state index is 11.2. The minimum Gasteiger partial charge on any atom is -0.545 e.